The van der Waals surface area contributed by atoms with Crippen LogP contribution < -0.4 is 5.73 Å². The number of aromatic nitrogens is 2. The molecule has 3 N–H and O–H groups in total. The van der Waals surface area contributed by atoms with Gasteiger partial charge >= 0.3 is 0 Å². The van der Waals surface area contributed by atoms with Gasteiger partial charge in [0.05, 0.1) is 23.3 Å². The summed E-state index contributed by atoms with van der Waals surface area (Å²) in [5.74, 6) is 0.554. The van der Waals surface area contributed by atoms with Gasteiger partial charge in [0, 0.05) is 5.56 Å². The first-order valence-corrected chi connectivity index (χ1v) is 6.60. The Morgan fingerprint density at radius 1 is 1.33 bits per heavy atom. The summed E-state index contributed by atoms with van der Waals surface area (Å²) in [4.78, 5) is 8.39. The molecule has 6 heteroatoms. The second-order valence-corrected chi connectivity index (χ2v) is 4.82. The van der Waals surface area contributed by atoms with Crippen LogP contribution in [0.4, 0.5) is 5.82 Å². The molecule has 1 aromatic heterocycles. The lowest BCUT2D eigenvalue weighted by Crippen LogP contribution is -1.98. The van der Waals surface area contributed by atoms with Crippen molar-refractivity contribution in [3.63, 3.8) is 0 Å². The molecule has 2 aromatic rings. The lowest BCUT2D eigenvalue weighted by molar-refractivity contribution is 0.563. The summed E-state index contributed by atoms with van der Waals surface area (Å²) in [5, 5.41) is 0. The molecule has 0 saturated carbocycles. The monoisotopic (exact) mass is 263 g/mol. The van der Waals surface area contributed by atoms with Crippen LogP contribution in [0.2, 0.25) is 0 Å². The quantitative estimate of drug-likeness (QED) is 0.823. The minimum absolute atomic E-state index is 0.132. The van der Waals surface area contributed by atoms with Crippen molar-refractivity contribution in [2.24, 2.45) is 0 Å². The van der Waals surface area contributed by atoms with Crippen LogP contribution in [0.3, 0.4) is 0 Å². The van der Waals surface area contributed by atoms with Gasteiger partial charge in [-0.25, -0.2) is 14.2 Å². The Kier molecular flexibility index (Phi) is 3.69. The lowest BCUT2D eigenvalue weighted by atomic mass is 10.1. The van der Waals surface area contributed by atoms with E-state index in [2.05, 4.69) is 9.97 Å². The number of nitrogen functional groups attached to an aromatic ring is 1. The number of nitrogens with two attached hydrogens (primary N) is 1. The van der Waals surface area contributed by atoms with Crippen LogP contribution in [0.5, 0.6) is 0 Å². The zero-order valence-electron chi connectivity index (χ0n) is 9.83. The summed E-state index contributed by atoms with van der Waals surface area (Å²) in [6.07, 6.45) is 1.61. The molecule has 1 heterocycles. The summed E-state index contributed by atoms with van der Waals surface area (Å²) in [7, 11) is 0. The van der Waals surface area contributed by atoms with E-state index in [1.807, 2.05) is 12.1 Å². The summed E-state index contributed by atoms with van der Waals surface area (Å²) in [5.41, 5.74) is 8.74. The molecule has 5 nitrogen and oxygen atoms in total. The standard InChI is InChI=1S/C12H13N3O2S/c1-8-12(13)14-6-11(15-8)10-4-2-9(3-5-10)7-18(16)17/h2-6H,7H2,1H3,(H2,13,14)(H,16,17). The summed E-state index contributed by atoms with van der Waals surface area (Å²) >= 11 is -1.82. The van der Waals surface area contributed by atoms with Gasteiger partial charge in [-0.1, -0.05) is 24.3 Å². The van der Waals surface area contributed by atoms with E-state index in [0.717, 1.165) is 16.8 Å². The second-order valence-electron chi connectivity index (χ2n) is 3.89. The molecular weight excluding hydrogens is 250 g/mol. The molecule has 1 aromatic carbocycles. The van der Waals surface area contributed by atoms with Crippen molar-refractivity contribution in [2.75, 3.05) is 5.73 Å². The summed E-state index contributed by atoms with van der Waals surface area (Å²) < 4.78 is 19.5. The summed E-state index contributed by atoms with van der Waals surface area (Å²) in [6, 6.07) is 7.30. The van der Waals surface area contributed by atoms with Gasteiger partial charge in [-0.3, -0.25) is 0 Å². The zero-order chi connectivity index (χ0) is 13.1. The van der Waals surface area contributed by atoms with E-state index in [9.17, 15) is 4.21 Å². The Hall–Kier alpha value is -1.79. The number of hydrogen-bond donors (Lipinski definition) is 2. The molecule has 0 aliphatic heterocycles. The van der Waals surface area contributed by atoms with Crippen LogP contribution >= 0.6 is 0 Å². The lowest BCUT2D eigenvalue weighted by Gasteiger charge is -2.04. The van der Waals surface area contributed by atoms with Gasteiger partial charge in [-0.05, 0) is 12.5 Å². The largest absolute Gasteiger partial charge is 0.382 e. The number of anilines is 1. The molecule has 0 fully saturated rings. The van der Waals surface area contributed by atoms with Gasteiger partial charge in [0.25, 0.3) is 0 Å². The van der Waals surface area contributed by atoms with E-state index in [1.54, 1.807) is 25.3 Å². The van der Waals surface area contributed by atoms with Crippen LogP contribution in [0.25, 0.3) is 11.3 Å². The van der Waals surface area contributed by atoms with Crippen LogP contribution in [0.15, 0.2) is 30.5 Å². The van der Waals surface area contributed by atoms with Crippen molar-refractivity contribution < 1.29 is 8.76 Å². The third-order valence-electron chi connectivity index (χ3n) is 2.52. The molecule has 0 bridgehead atoms. The molecule has 1 atom stereocenters. The van der Waals surface area contributed by atoms with Crippen molar-refractivity contribution in [3.8, 4) is 11.3 Å². The Morgan fingerprint density at radius 3 is 2.56 bits per heavy atom. The highest BCUT2D eigenvalue weighted by molar-refractivity contribution is 7.78. The van der Waals surface area contributed by atoms with Crippen LogP contribution in [-0.2, 0) is 16.8 Å². The van der Waals surface area contributed by atoms with Crippen LogP contribution in [0, 0.1) is 6.92 Å². The number of rotatable bonds is 3. The third kappa shape index (κ3) is 2.91. The first-order chi connectivity index (χ1) is 8.56. The van der Waals surface area contributed by atoms with Gasteiger partial charge in [0.2, 0.25) is 0 Å². The molecule has 2 rings (SSSR count). The predicted octanol–water partition coefficient (Wildman–Crippen LogP) is 1.76. The highest BCUT2D eigenvalue weighted by Gasteiger charge is 2.04. The number of nitrogens with zero attached hydrogens (tertiary/aromatic N) is 2. The smallest absolute Gasteiger partial charge is 0.157 e. The molecule has 1 unspecified atom stereocenters. The molecule has 0 radical (unpaired) electrons. The average molecular weight is 263 g/mol. The number of benzene rings is 1. The predicted molar refractivity (Wildman–Crippen MR) is 71.1 cm³/mol. The van der Waals surface area contributed by atoms with Gasteiger partial charge in [0.1, 0.15) is 5.82 Å². The Bertz CT molecular complexity index is 584. The maximum atomic E-state index is 10.7. The first kappa shape index (κ1) is 12.7. The zero-order valence-corrected chi connectivity index (χ0v) is 10.6. The van der Waals surface area contributed by atoms with E-state index in [0.29, 0.717) is 11.5 Å². The highest BCUT2D eigenvalue weighted by atomic mass is 32.2. The second kappa shape index (κ2) is 5.24. The van der Waals surface area contributed by atoms with E-state index >= 15 is 0 Å². The van der Waals surface area contributed by atoms with Gasteiger partial charge in [-0.15, -0.1) is 0 Å². The molecule has 94 valence electrons. The van der Waals surface area contributed by atoms with Gasteiger partial charge in [-0.2, -0.15) is 0 Å². The molecular formula is C12H13N3O2S. The molecule has 0 spiro atoms. The normalized spacial score (nSPS) is 12.3. The van der Waals surface area contributed by atoms with Crippen molar-refractivity contribution >= 4 is 16.9 Å². The minimum Gasteiger partial charge on any atom is -0.382 e. The minimum atomic E-state index is -1.82. The van der Waals surface area contributed by atoms with E-state index in [1.165, 1.54) is 0 Å². The molecule has 18 heavy (non-hydrogen) atoms. The molecule has 0 amide bonds. The average Bonchev–Trinajstić information content (AvgIpc) is 2.33. The van der Waals surface area contributed by atoms with E-state index in [4.69, 9.17) is 10.3 Å². The van der Waals surface area contributed by atoms with Gasteiger partial charge in [0.15, 0.2) is 11.1 Å². The maximum absolute atomic E-state index is 10.7. The fraction of sp³-hybridized carbons (Fsp3) is 0.167. The molecule has 0 aliphatic rings. The third-order valence-corrected chi connectivity index (χ3v) is 3.10. The van der Waals surface area contributed by atoms with Crippen LogP contribution in [0.1, 0.15) is 11.3 Å². The van der Waals surface area contributed by atoms with Gasteiger partial charge < -0.3 is 10.3 Å². The SMILES string of the molecule is Cc1nc(-c2ccc(CS(=O)O)cc2)cnc1N. The first-order valence-electron chi connectivity index (χ1n) is 5.32. The topological polar surface area (TPSA) is 89.1 Å². The van der Waals surface area contributed by atoms with E-state index < -0.39 is 11.1 Å². The van der Waals surface area contributed by atoms with Crippen molar-refractivity contribution in [3.05, 3.63) is 41.7 Å². The Morgan fingerprint density at radius 2 is 2.00 bits per heavy atom. The van der Waals surface area contributed by atoms with Crippen molar-refractivity contribution in [2.45, 2.75) is 12.7 Å². The molecule has 0 aliphatic carbocycles. The van der Waals surface area contributed by atoms with Crippen LogP contribution in [-0.4, -0.2) is 18.7 Å². The van der Waals surface area contributed by atoms with E-state index in [-0.39, 0.29) is 5.75 Å². The Balaban J connectivity index is 2.28. The fourth-order valence-electron chi connectivity index (χ4n) is 1.54. The molecule has 0 saturated heterocycles. The number of hydrogen-bond acceptors (Lipinski definition) is 4. The van der Waals surface area contributed by atoms with Crippen molar-refractivity contribution in [1.82, 2.24) is 9.97 Å². The van der Waals surface area contributed by atoms with Crippen molar-refractivity contribution in [1.29, 1.82) is 0 Å². The number of aryl methyl sites for hydroxylation is 1. The fourth-order valence-corrected chi connectivity index (χ4v) is 2.02. The Labute approximate surface area is 107 Å². The maximum Gasteiger partial charge on any atom is 0.157 e. The highest BCUT2D eigenvalue weighted by Crippen LogP contribution is 2.19. The summed E-state index contributed by atoms with van der Waals surface area (Å²) in [6.45, 7) is 1.80.